The number of carbonyl (C=O) groups excluding carboxylic acids is 1. The van der Waals surface area contributed by atoms with Gasteiger partial charge in [0, 0.05) is 0 Å². The summed E-state index contributed by atoms with van der Waals surface area (Å²) in [6.07, 6.45) is 0.109. The summed E-state index contributed by atoms with van der Waals surface area (Å²) in [6, 6.07) is 13.9. The van der Waals surface area contributed by atoms with Crippen LogP contribution in [0.15, 0.2) is 42.5 Å². The minimum absolute atomic E-state index is 0.115. The summed E-state index contributed by atoms with van der Waals surface area (Å²) in [5, 5.41) is 2.88. The Morgan fingerprint density at radius 1 is 1.08 bits per heavy atom. The van der Waals surface area contributed by atoms with Crippen molar-refractivity contribution in [3.05, 3.63) is 59.2 Å². The second-order valence-corrected chi connectivity index (χ2v) is 6.24. The highest BCUT2D eigenvalue weighted by Crippen LogP contribution is 2.21. The molecule has 0 radical (unpaired) electrons. The maximum atomic E-state index is 12.3. The summed E-state index contributed by atoms with van der Waals surface area (Å²) in [6.45, 7) is 8.82. The van der Waals surface area contributed by atoms with Crippen LogP contribution in [0.3, 0.4) is 0 Å². The number of amides is 1. The van der Waals surface area contributed by atoms with Crippen LogP contribution in [0.2, 0.25) is 0 Å². The molecule has 1 unspecified atom stereocenters. The van der Waals surface area contributed by atoms with Crippen molar-refractivity contribution in [2.75, 3.05) is 13.2 Å². The molecule has 0 aliphatic rings. The molecule has 0 heterocycles. The first-order valence-corrected chi connectivity index (χ1v) is 8.70. The van der Waals surface area contributed by atoms with E-state index >= 15 is 0 Å². The minimum atomic E-state index is -0.500. The third-order valence-corrected chi connectivity index (χ3v) is 3.94. The fourth-order valence-electron chi connectivity index (χ4n) is 2.47. The lowest BCUT2D eigenvalue weighted by Crippen LogP contribution is -2.39. The van der Waals surface area contributed by atoms with Crippen molar-refractivity contribution in [1.82, 2.24) is 5.32 Å². The molecule has 0 bridgehead atoms. The molecule has 2 rings (SSSR count). The highest BCUT2D eigenvalue weighted by Gasteiger charge is 2.18. The number of hydrogen-bond donors (Lipinski definition) is 1. The van der Waals surface area contributed by atoms with Gasteiger partial charge in [-0.2, -0.15) is 0 Å². The predicted molar refractivity (Wildman–Crippen MR) is 100 cm³/mol. The average molecular weight is 341 g/mol. The van der Waals surface area contributed by atoms with E-state index in [2.05, 4.69) is 5.32 Å². The van der Waals surface area contributed by atoms with Gasteiger partial charge in [-0.15, -0.1) is 0 Å². The highest BCUT2D eigenvalue weighted by atomic mass is 16.5. The SMILES string of the molecule is CCC(Oc1cc(C)ccc1C)C(=O)NCCOc1cccc(C)c1. The van der Waals surface area contributed by atoms with Crippen molar-refractivity contribution in [2.45, 2.75) is 40.2 Å². The largest absolute Gasteiger partial charge is 0.492 e. The van der Waals surface area contributed by atoms with E-state index in [4.69, 9.17) is 9.47 Å². The lowest BCUT2D eigenvalue weighted by molar-refractivity contribution is -0.128. The number of benzene rings is 2. The van der Waals surface area contributed by atoms with Crippen LogP contribution in [-0.4, -0.2) is 25.2 Å². The third kappa shape index (κ3) is 5.82. The molecular weight excluding hydrogens is 314 g/mol. The van der Waals surface area contributed by atoms with Crippen LogP contribution in [0.5, 0.6) is 11.5 Å². The lowest BCUT2D eigenvalue weighted by Gasteiger charge is -2.19. The smallest absolute Gasteiger partial charge is 0.261 e. The van der Waals surface area contributed by atoms with Crippen LogP contribution >= 0.6 is 0 Å². The molecule has 134 valence electrons. The molecule has 0 saturated heterocycles. The number of carbonyl (C=O) groups is 1. The van der Waals surface area contributed by atoms with Gasteiger partial charge in [-0.05, 0) is 62.1 Å². The predicted octanol–water partition coefficient (Wildman–Crippen LogP) is 3.96. The van der Waals surface area contributed by atoms with E-state index in [1.54, 1.807) is 0 Å². The van der Waals surface area contributed by atoms with Crippen LogP contribution in [0, 0.1) is 20.8 Å². The monoisotopic (exact) mass is 341 g/mol. The standard InChI is InChI=1S/C21H27NO3/c1-5-19(25-20-14-16(3)9-10-17(20)4)21(23)22-11-12-24-18-8-6-7-15(2)13-18/h6-10,13-14,19H,5,11-12H2,1-4H3,(H,22,23). The number of ether oxygens (including phenoxy) is 2. The van der Waals surface area contributed by atoms with Crippen molar-refractivity contribution in [1.29, 1.82) is 0 Å². The molecular formula is C21H27NO3. The van der Waals surface area contributed by atoms with Gasteiger partial charge in [-0.3, -0.25) is 4.79 Å². The summed E-state index contributed by atoms with van der Waals surface area (Å²) in [7, 11) is 0. The van der Waals surface area contributed by atoms with Crippen LogP contribution in [0.4, 0.5) is 0 Å². The van der Waals surface area contributed by atoms with E-state index in [1.165, 1.54) is 0 Å². The van der Waals surface area contributed by atoms with Crippen molar-refractivity contribution in [2.24, 2.45) is 0 Å². The Bertz CT molecular complexity index is 712. The van der Waals surface area contributed by atoms with Gasteiger partial charge in [0.1, 0.15) is 18.1 Å². The van der Waals surface area contributed by atoms with Gasteiger partial charge in [-0.25, -0.2) is 0 Å². The molecule has 0 aliphatic carbocycles. The van der Waals surface area contributed by atoms with E-state index in [9.17, 15) is 4.79 Å². The molecule has 1 amide bonds. The third-order valence-electron chi connectivity index (χ3n) is 3.94. The zero-order chi connectivity index (χ0) is 18.2. The van der Waals surface area contributed by atoms with E-state index < -0.39 is 6.10 Å². The molecule has 25 heavy (non-hydrogen) atoms. The van der Waals surface area contributed by atoms with E-state index in [-0.39, 0.29) is 5.91 Å². The Morgan fingerprint density at radius 2 is 1.84 bits per heavy atom. The van der Waals surface area contributed by atoms with Crippen molar-refractivity contribution < 1.29 is 14.3 Å². The first-order valence-electron chi connectivity index (χ1n) is 8.70. The molecule has 0 aromatic heterocycles. The summed E-state index contributed by atoms with van der Waals surface area (Å²) in [5.41, 5.74) is 3.29. The molecule has 1 atom stereocenters. The minimum Gasteiger partial charge on any atom is -0.492 e. The molecule has 4 nitrogen and oxygen atoms in total. The molecule has 0 fully saturated rings. The molecule has 0 spiro atoms. The van der Waals surface area contributed by atoms with Gasteiger partial charge in [-0.1, -0.05) is 31.2 Å². The zero-order valence-corrected chi connectivity index (χ0v) is 15.5. The van der Waals surface area contributed by atoms with Gasteiger partial charge < -0.3 is 14.8 Å². The first kappa shape index (κ1) is 18.8. The summed E-state index contributed by atoms with van der Waals surface area (Å²) in [4.78, 5) is 12.3. The lowest BCUT2D eigenvalue weighted by atomic mass is 10.1. The van der Waals surface area contributed by atoms with Crippen molar-refractivity contribution in [3.8, 4) is 11.5 Å². The van der Waals surface area contributed by atoms with E-state index in [0.717, 1.165) is 28.2 Å². The van der Waals surface area contributed by atoms with Gasteiger partial charge >= 0.3 is 0 Å². The van der Waals surface area contributed by atoms with E-state index in [1.807, 2.05) is 70.2 Å². The summed E-state index contributed by atoms with van der Waals surface area (Å²) >= 11 is 0. The van der Waals surface area contributed by atoms with Crippen LogP contribution in [-0.2, 0) is 4.79 Å². The number of nitrogens with one attached hydrogen (secondary N) is 1. The molecule has 2 aromatic rings. The quantitative estimate of drug-likeness (QED) is 0.739. The average Bonchev–Trinajstić information content (AvgIpc) is 2.59. The summed E-state index contributed by atoms with van der Waals surface area (Å²) < 4.78 is 11.6. The van der Waals surface area contributed by atoms with Crippen LogP contribution in [0.25, 0.3) is 0 Å². The zero-order valence-electron chi connectivity index (χ0n) is 15.5. The first-order chi connectivity index (χ1) is 12.0. The van der Waals surface area contributed by atoms with Gasteiger partial charge in [0.05, 0.1) is 6.54 Å². The van der Waals surface area contributed by atoms with Crippen LogP contribution in [0.1, 0.15) is 30.0 Å². The van der Waals surface area contributed by atoms with E-state index in [0.29, 0.717) is 19.6 Å². The topological polar surface area (TPSA) is 47.6 Å². The highest BCUT2D eigenvalue weighted by molar-refractivity contribution is 5.81. The summed E-state index contributed by atoms with van der Waals surface area (Å²) in [5.74, 6) is 1.46. The maximum Gasteiger partial charge on any atom is 0.261 e. The molecule has 2 aromatic carbocycles. The van der Waals surface area contributed by atoms with Gasteiger partial charge in [0.15, 0.2) is 6.10 Å². The Balaban J connectivity index is 1.82. The number of aryl methyl sites for hydroxylation is 3. The molecule has 0 saturated carbocycles. The number of rotatable bonds is 8. The van der Waals surface area contributed by atoms with Crippen molar-refractivity contribution >= 4 is 5.91 Å². The maximum absolute atomic E-state index is 12.3. The number of hydrogen-bond acceptors (Lipinski definition) is 3. The van der Waals surface area contributed by atoms with Gasteiger partial charge in [0.25, 0.3) is 5.91 Å². The second-order valence-electron chi connectivity index (χ2n) is 6.24. The Kier molecular flexibility index (Phi) is 6.87. The fraction of sp³-hybridized carbons (Fsp3) is 0.381. The second kappa shape index (κ2) is 9.11. The fourth-order valence-corrected chi connectivity index (χ4v) is 2.47. The Morgan fingerprint density at radius 3 is 2.56 bits per heavy atom. The molecule has 1 N–H and O–H groups in total. The molecule has 4 heteroatoms. The molecule has 0 aliphatic heterocycles. The van der Waals surface area contributed by atoms with Crippen molar-refractivity contribution in [3.63, 3.8) is 0 Å². The van der Waals surface area contributed by atoms with Crippen LogP contribution < -0.4 is 14.8 Å². The Hall–Kier alpha value is -2.49. The Labute approximate surface area is 150 Å². The normalized spacial score (nSPS) is 11.7. The van der Waals surface area contributed by atoms with Gasteiger partial charge in [0.2, 0.25) is 0 Å².